The summed E-state index contributed by atoms with van der Waals surface area (Å²) in [6.07, 6.45) is 0.298. The first-order valence-electron chi connectivity index (χ1n) is 13.0. The number of carbonyl (C=O) groups is 3. The van der Waals surface area contributed by atoms with Gasteiger partial charge in [-0.3, -0.25) is 19.3 Å². The number of aliphatic hydroxyl groups excluding tert-OH is 2. The lowest BCUT2D eigenvalue weighted by atomic mass is 9.57. The molecule has 11 heteroatoms. The zero-order valence-corrected chi connectivity index (χ0v) is 23.2. The summed E-state index contributed by atoms with van der Waals surface area (Å²) >= 11 is 0. The molecule has 1 amide bonds. The Bertz CT molecular complexity index is 1320. The lowest BCUT2D eigenvalue weighted by Gasteiger charge is -2.50. The molecule has 7 N–H and O–H groups in total. The predicted octanol–water partition coefficient (Wildman–Crippen LogP) is 1.02. The maximum absolute atomic E-state index is 14.0. The van der Waals surface area contributed by atoms with Gasteiger partial charge in [-0.1, -0.05) is 13.8 Å². The highest BCUT2D eigenvalue weighted by molar-refractivity contribution is 6.24. The maximum atomic E-state index is 14.0. The molecular formula is C28H40N4O7. The number of nitrogens with one attached hydrogen (secondary N) is 1. The largest absolute Gasteiger partial charge is 0.508 e. The van der Waals surface area contributed by atoms with Gasteiger partial charge in [0.15, 0.2) is 11.4 Å². The van der Waals surface area contributed by atoms with Gasteiger partial charge >= 0.3 is 0 Å². The van der Waals surface area contributed by atoms with Crippen LogP contribution < -0.4 is 16.0 Å². The third-order valence-corrected chi connectivity index (χ3v) is 8.13. The average Bonchev–Trinajstić information content (AvgIpc) is 2.81. The van der Waals surface area contributed by atoms with Crippen LogP contribution in [0.2, 0.25) is 0 Å². The number of phenolic OH excluding ortho intramolecular Hbond substituents is 1. The van der Waals surface area contributed by atoms with Crippen molar-refractivity contribution in [3.05, 3.63) is 39.7 Å². The standard InChI is InChI=1S/C28H38N4O7.H2/c1-12(2)10-30-11-14-9-17(31(3)4)15-7-13-8-16-21(32(5)6)24(35)20(27(29)38)26(37)28(16,39)25(36)18(13)23(34)19(15)22(14)33;/h9,12-13,16,21,30,33-34,37,39H,7-8,10-11H2,1-6H3,(H2,29,38);1H/t13-,16-,21-,28-;/m0./s1/i;1+2. The van der Waals surface area contributed by atoms with Crippen molar-refractivity contribution in [2.45, 2.75) is 44.9 Å². The summed E-state index contributed by atoms with van der Waals surface area (Å²) < 4.78 is 0. The van der Waals surface area contributed by atoms with Gasteiger partial charge in [0.1, 0.15) is 22.8 Å². The van der Waals surface area contributed by atoms with E-state index >= 15 is 0 Å². The molecule has 214 valence electrons. The molecule has 0 aromatic heterocycles. The van der Waals surface area contributed by atoms with Crippen LogP contribution in [0.15, 0.2) is 23.0 Å². The molecule has 0 unspecified atom stereocenters. The third-order valence-electron chi connectivity index (χ3n) is 8.13. The van der Waals surface area contributed by atoms with Crippen molar-refractivity contribution < 1.29 is 36.2 Å². The number of amides is 1. The van der Waals surface area contributed by atoms with Gasteiger partial charge < -0.3 is 36.4 Å². The molecule has 0 aliphatic heterocycles. The molecule has 1 fully saturated rings. The lowest BCUT2D eigenvalue weighted by molar-refractivity contribution is -0.153. The van der Waals surface area contributed by atoms with Gasteiger partial charge in [0.2, 0.25) is 5.78 Å². The zero-order valence-electron chi connectivity index (χ0n) is 23.2. The van der Waals surface area contributed by atoms with Crippen LogP contribution >= 0.6 is 0 Å². The summed E-state index contributed by atoms with van der Waals surface area (Å²) in [5.41, 5.74) is 3.75. The van der Waals surface area contributed by atoms with E-state index in [1.165, 1.54) is 4.90 Å². The molecule has 0 bridgehead atoms. The monoisotopic (exact) mass is 546 g/mol. The van der Waals surface area contributed by atoms with E-state index in [4.69, 9.17) is 5.73 Å². The Morgan fingerprint density at radius 3 is 2.38 bits per heavy atom. The summed E-state index contributed by atoms with van der Waals surface area (Å²) in [6.45, 7) is 5.14. The number of rotatable bonds is 7. The van der Waals surface area contributed by atoms with Crippen molar-refractivity contribution in [1.29, 1.82) is 0 Å². The number of anilines is 1. The van der Waals surface area contributed by atoms with Crippen LogP contribution in [0, 0.1) is 17.8 Å². The van der Waals surface area contributed by atoms with Crippen LogP contribution in [0.3, 0.4) is 0 Å². The van der Waals surface area contributed by atoms with Crippen LogP contribution in [0.25, 0.3) is 5.76 Å². The molecule has 39 heavy (non-hydrogen) atoms. The van der Waals surface area contributed by atoms with E-state index < -0.39 is 58.0 Å². The first-order chi connectivity index (χ1) is 18.1. The molecular weight excluding hydrogens is 504 g/mol. The number of Topliss-reactive ketones (excluding diaryl/α,β-unsaturated/α-hetero) is 2. The quantitative estimate of drug-likeness (QED) is 0.271. The van der Waals surface area contributed by atoms with Crippen molar-refractivity contribution >= 4 is 28.9 Å². The number of aromatic hydroxyl groups is 1. The van der Waals surface area contributed by atoms with E-state index in [1.54, 1.807) is 14.1 Å². The Hall–Kier alpha value is -3.41. The topological polar surface area (TPSA) is 177 Å². The molecule has 0 spiro atoms. The molecule has 4 rings (SSSR count). The SMILES string of the molecule is CC(C)CNCc1cc(N(C)C)c2c(c1O)C(O)=C1C(=O)[C@]3(O)C(O)=C(C(N)=O)C(=O)[C@@H](N(C)C)[C@@H]3C[C@@H]1C2.[3HH]. The van der Waals surface area contributed by atoms with Gasteiger partial charge in [-0.05, 0) is 56.9 Å². The van der Waals surface area contributed by atoms with Gasteiger partial charge in [-0.15, -0.1) is 0 Å². The van der Waals surface area contributed by atoms with Gasteiger partial charge in [-0.2, -0.15) is 0 Å². The molecule has 1 saturated carbocycles. The van der Waals surface area contributed by atoms with E-state index in [-0.39, 0.29) is 31.2 Å². The number of nitrogens with zero attached hydrogens (tertiary/aromatic N) is 2. The van der Waals surface area contributed by atoms with E-state index in [2.05, 4.69) is 19.2 Å². The van der Waals surface area contributed by atoms with Crippen molar-refractivity contribution in [1.82, 2.24) is 10.2 Å². The van der Waals surface area contributed by atoms with Crippen molar-refractivity contribution in [3.63, 3.8) is 0 Å². The molecule has 1 aromatic rings. The molecule has 3 aliphatic rings. The minimum absolute atomic E-state index is 0. The molecule has 4 atom stereocenters. The second-order valence-electron chi connectivity index (χ2n) is 11.6. The summed E-state index contributed by atoms with van der Waals surface area (Å²) in [5, 5.41) is 48.8. The number of phenols is 1. The average molecular weight is 547 g/mol. The second-order valence-corrected chi connectivity index (χ2v) is 11.6. The minimum Gasteiger partial charge on any atom is -0.508 e. The molecule has 3 aliphatic carbocycles. The number of primary amides is 1. The number of nitrogens with two attached hydrogens (primary N) is 1. The molecule has 0 heterocycles. The van der Waals surface area contributed by atoms with Gasteiger partial charge in [-0.25, -0.2) is 0 Å². The number of likely N-dealkylation sites (N-methyl/N-ethyl adjacent to an activating group) is 1. The van der Waals surface area contributed by atoms with Crippen molar-refractivity contribution in [2.75, 3.05) is 39.6 Å². The Morgan fingerprint density at radius 2 is 1.85 bits per heavy atom. The van der Waals surface area contributed by atoms with E-state index in [9.17, 15) is 34.8 Å². The Labute approximate surface area is 229 Å². The predicted molar refractivity (Wildman–Crippen MR) is 147 cm³/mol. The number of benzene rings is 1. The van der Waals surface area contributed by atoms with Crippen LogP contribution in [0.4, 0.5) is 5.69 Å². The summed E-state index contributed by atoms with van der Waals surface area (Å²) in [5.74, 6) is -6.15. The Morgan fingerprint density at radius 1 is 1.21 bits per heavy atom. The number of hydrogen-bond donors (Lipinski definition) is 6. The van der Waals surface area contributed by atoms with Crippen molar-refractivity contribution in [2.24, 2.45) is 23.5 Å². The number of fused-ring (bicyclic) bond motifs is 3. The van der Waals surface area contributed by atoms with E-state index in [0.29, 0.717) is 30.1 Å². The fourth-order valence-electron chi connectivity index (χ4n) is 6.38. The number of aliphatic hydroxyl groups is 3. The summed E-state index contributed by atoms with van der Waals surface area (Å²) in [6, 6.07) is 0.736. The van der Waals surface area contributed by atoms with E-state index in [1.807, 2.05) is 25.1 Å². The number of ketones is 2. The summed E-state index contributed by atoms with van der Waals surface area (Å²) in [4.78, 5) is 42.7. The minimum atomic E-state index is -2.65. The highest BCUT2D eigenvalue weighted by Crippen LogP contribution is 2.54. The van der Waals surface area contributed by atoms with Gasteiger partial charge in [0, 0.05) is 44.8 Å². The second kappa shape index (κ2) is 9.96. The molecule has 1 aromatic carbocycles. The molecule has 0 radical (unpaired) electrons. The van der Waals surface area contributed by atoms with Crippen LogP contribution in [-0.4, -0.2) is 89.2 Å². The van der Waals surface area contributed by atoms with Crippen molar-refractivity contribution in [3.8, 4) is 5.75 Å². The van der Waals surface area contributed by atoms with Crippen LogP contribution in [0.1, 0.15) is 38.4 Å². The number of hydrogen-bond acceptors (Lipinski definition) is 10. The Kier molecular flexibility index (Phi) is 7.30. The van der Waals surface area contributed by atoms with Crippen LogP contribution in [-0.2, 0) is 27.3 Å². The maximum Gasteiger partial charge on any atom is 0.255 e. The zero-order chi connectivity index (χ0) is 29.1. The third kappa shape index (κ3) is 4.29. The van der Waals surface area contributed by atoms with E-state index in [0.717, 1.165) is 5.69 Å². The highest BCUT2D eigenvalue weighted by Gasteiger charge is 2.64. The van der Waals surface area contributed by atoms with Gasteiger partial charge in [0.25, 0.3) is 5.91 Å². The Balaban J connectivity index is 0.00000441. The first-order valence-corrected chi connectivity index (χ1v) is 13.0. The van der Waals surface area contributed by atoms with Gasteiger partial charge in [0.05, 0.1) is 11.6 Å². The van der Waals surface area contributed by atoms with Crippen LogP contribution in [0.5, 0.6) is 5.75 Å². The molecule has 11 nitrogen and oxygen atoms in total. The number of carbonyl (C=O) groups excluding carboxylic acids is 3. The summed E-state index contributed by atoms with van der Waals surface area (Å²) in [7, 11) is 6.83. The first kappa shape index (κ1) is 28.6. The normalized spacial score (nSPS) is 26.6. The lowest BCUT2D eigenvalue weighted by Crippen LogP contribution is -2.65. The fourth-order valence-corrected chi connectivity index (χ4v) is 6.38. The smallest absolute Gasteiger partial charge is 0.255 e. The molecule has 0 saturated heterocycles. The highest BCUT2D eigenvalue weighted by atomic mass is 16.3. The fraction of sp³-hybridized carbons (Fsp3) is 0.536.